The van der Waals surface area contributed by atoms with Crippen LogP contribution in [0.3, 0.4) is 0 Å². The average molecular weight is 1350 g/mol. The highest BCUT2D eigenvalue weighted by atomic mass is 31.2. The van der Waals surface area contributed by atoms with Crippen LogP contribution in [0.4, 0.5) is 0 Å². The van der Waals surface area contributed by atoms with Gasteiger partial charge in [-0.15, -0.1) is 0 Å². The van der Waals surface area contributed by atoms with E-state index in [1.54, 1.807) is 0 Å². The summed E-state index contributed by atoms with van der Waals surface area (Å²) in [4.78, 5) is 72.5. The molecule has 0 rings (SSSR count). The molecule has 0 fully saturated rings. The van der Waals surface area contributed by atoms with Gasteiger partial charge in [0.1, 0.15) is 19.3 Å². The number of aliphatic hydroxyl groups excluding tert-OH is 1. The van der Waals surface area contributed by atoms with Crippen molar-refractivity contribution in [3.05, 3.63) is 0 Å². The second kappa shape index (κ2) is 66.3. The predicted molar refractivity (Wildman–Crippen MR) is 372 cm³/mol. The number of carbonyl (C=O) groups excluding carboxylic acids is 4. The number of rotatable bonds is 73. The molecule has 0 aliphatic heterocycles. The fraction of sp³-hybridized carbons (Fsp3) is 0.945. The van der Waals surface area contributed by atoms with Gasteiger partial charge in [-0.05, 0) is 31.6 Å². The van der Waals surface area contributed by atoms with Crippen molar-refractivity contribution in [3.63, 3.8) is 0 Å². The summed E-state index contributed by atoms with van der Waals surface area (Å²) in [6, 6.07) is 0. The number of carbonyl (C=O) groups is 4. The molecule has 0 aliphatic carbocycles. The third-order valence-electron chi connectivity index (χ3n) is 17.0. The minimum absolute atomic E-state index is 0.107. The summed E-state index contributed by atoms with van der Waals surface area (Å²) in [6.45, 7) is 7.23. The van der Waals surface area contributed by atoms with Gasteiger partial charge in [-0.1, -0.05) is 330 Å². The smallest absolute Gasteiger partial charge is 0.462 e. The summed E-state index contributed by atoms with van der Waals surface area (Å²) in [5.74, 6) is -1.35. The van der Waals surface area contributed by atoms with Crippen LogP contribution in [-0.2, 0) is 65.4 Å². The zero-order valence-electron chi connectivity index (χ0n) is 59.7. The lowest BCUT2D eigenvalue weighted by Crippen LogP contribution is -2.30. The molecule has 0 aliphatic rings. The van der Waals surface area contributed by atoms with Crippen molar-refractivity contribution in [1.29, 1.82) is 0 Å². The van der Waals surface area contributed by atoms with E-state index in [0.717, 1.165) is 109 Å². The van der Waals surface area contributed by atoms with Crippen molar-refractivity contribution < 1.29 is 80.2 Å². The monoisotopic (exact) mass is 1350 g/mol. The van der Waals surface area contributed by atoms with E-state index in [4.69, 9.17) is 37.0 Å². The number of esters is 4. The van der Waals surface area contributed by atoms with E-state index in [2.05, 4.69) is 34.6 Å². The van der Waals surface area contributed by atoms with Crippen molar-refractivity contribution in [3.8, 4) is 0 Å². The van der Waals surface area contributed by atoms with Gasteiger partial charge in [0.05, 0.1) is 26.4 Å². The van der Waals surface area contributed by atoms with Gasteiger partial charge in [-0.25, -0.2) is 9.13 Å². The molecule has 3 N–H and O–H groups in total. The molecule has 546 valence electrons. The Hall–Kier alpha value is -1.94. The van der Waals surface area contributed by atoms with Gasteiger partial charge in [0.2, 0.25) is 0 Å². The van der Waals surface area contributed by atoms with Crippen molar-refractivity contribution in [1.82, 2.24) is 0 Å². The summed E-state index contributed by atoms with van der Waals surface area (Å²) < 4.78 is 68.3. The minimum Gasteiger partial charge on any atom is -0.462 e. The standard InChI is InChI=1S/C73H142O17P2/c1-6-9-12-15-18-20-22-24-25-26-27-28-29-30-34-39-44-49-54-59-73(78)90-69(63-84-71(76)57-52-47-42-37-35-31-32-36-41-45-50-55-66(4)5)65-88-92(81,82)86-61-67(74)60-85-91(79,80)87-64-68(62-83-70(75)56-51-46-40-17-14-11-8-3)89-72(77)58-53-48-43-38-33-23-21-19-16-13-10-7-2/h66-69,74H,6-65H2,1-5H3,(H,79,80)(H,81,82)/t67-,68+,69+/m0/s1. The molecule has 0 amide bonds. The zero-order chi connectivity index (χ0) is 67.7. The summed E-state index contributed by atoms with van der Waals surface area (Å²) in [5, 5.41) is 10.6. The third kappa shape index (κ3) is 66.7. The van der Waals surface area contributed by atoms with Crippen molar-refractivity contribution in [2.45, 2.75) is 400 Å². The molecule has 0 aromatic heterocycles. The van der Waals surface area contributed by atoms with Gasteiger partial charge in [0, 0.05) is 25.7 Å². The molecule has 19 heteroatoms. The van der Waals surface area contributed by atoms with E-state index in [1.807, 2.05) is 0 Å². The highest BCUT2D eigenvalue weighted by Gasteiger charge is 2.30. The summed E-state index contributed by atoms with van der Waals surface area (Å²) in [7, 11) is -9.90. The summed E-state index contributed by atoms with van der Waals surface area (Å²) in [5.41, 5.74) is 0. The quantitative estimate of drug-likeness (QED) is 0.0222. The molecule has 0 aromatic carbocycles. The van der Waals surface area contributed by atoms with Gasteiger partial charge >= 0.3 is 39.5 Å². The molecule has 0 spiro atoms. The molecular formula is C73H142O17P2. The lowest BCUT2D eigenvalue weighted by atomic mass is 10.0. The molecule has 5 atom stereocenters. The van der Waals surface area contributed by atoms with Crippen LogP contribution in [0.15, 0.2) is 0 Å². The maximum Gasteiger partial charge on any atom is 0.472 e. The first-order valence-corrected chi connectivity index (χ1v) is 41.1. The summed E-state index contributed by atoms with van der Waals surface area (Å²) >= 11 is 0. The first-order chi connectivity index (χ1) is 44.5. The van der Waals surface area contributed by atoms with Crippen LogP contribution in [-0.4, -0.2) is 96.7 Å². The lowest BCUT2D eigenvalue weighted by molar-refractivity contribution is -0.161. The number of hydrogen-bond donors (Lipinski definition) is 3. The minimum atomic E-state index is -4.95. The number of ether oxygens (including phenoxy) is 4. The van der Waals surface area contributed by atoms with Crippen LogP contribution in [0.25, 0.3) is 0 Å². The maximum absolute atomic E-state index is 13.1. The molecule has 17 nitrogen and oxygen atoms in total. The van der Waals surface area contributed by atoms with Gasteiger partial charge in [-0.3, -0.25) is 37.3 Å². The van der Waals surface area contributed by atoms with E-state index in [1.165, 1.54) is 193 Å². The first-order valence-electron chi connectivity index (χ1n) is 38.1. The van der Waals surface area contributed by atoms with E-state index in [0.29, 0.717) is 25.7 Å². The Balaban J connectivity index is 5.18. The van der Waals surface area contributed by atoms with E-state index in [9.17, 15) is 43.2 Å². The molecule has 0 bridgehead atoms. The predicted octanol–water partition coefficient (Wildman–Crippen LogP) is 21.3. The fourth-order valence-electron chi connectivity index (χ4n) is 11.2. The van der Waals surface area contributed by atoms with Gasteiger partial charge in [-0.2, -0.15) is 0 Å². The fourth-order valence-corrected chi connectivity index (χ4v) is 12.8. The van der Waals surface area contributed by atoms with Crippen LogP contribution in [0.5, 0.6) is 0 Å². The molecule has 92 heavy (non-hydrogen) atoms. The van der Waals surface area contributed by atoms with Crippen LogP contribution < -0.4 is 0 Å². The molecular weight excluding hydrogens is 1210 g/mol. The topological polar surface area (TPSA) is 237 Å². The van der Waals surface area contributed by atoms with Crippen LogP contribution in [0, 0.1) is 5.92 Å². The number of unbranched alkanes of at least 4 members (excludes halogenated alkanes) is 45. The molecule has 0 saturated heterocycles. The molecule has 0 aromatic rings. The Morgan fingerprint density at radius 1 is 0.293 bits per heavy atom. The van der Waals surface area contributed by atoms with Crippen LogP contribution in [0.2, 0.25) is 0 Å². The Morgan fingerprint density at radius 3 is 0.739 bits per heavy atom. The molecule has 2 unspecified atom stereocenters. The van der Waals surface area contributed by atoms with Gasteiger partial charge < -0.3 is 33.8 Å². The number of hydrogen-bond acceptors (Lipinski definition) is 15. The Bertz CT molecular complexity index is 1770. The van der Waals surface area contributed by atoms with Crippen molar-refractivity contribution in [2.24, 2.45) is 5.92 Å². The molecule has 0 saturated carbocycles. The SMILES string of the molecule is CCCCCCCCCCCCCCCCCCCCCC(=O)O[C@H](COC(=O)CCCCCCCCCCCCCC(C)C)COP(=O)(O)OC[C@@H](O)COP(=O)(O)OC[C@@H](COC(=O)CCCCCCCCC)OC(=O)CCCCCCCCCCCCCC. The van der Waals surface area contributed by atoms with Crippen LogP contribution in [0.1, 0.15) is 381 Å². The Kier molecular flexibility index (Phi) is 64.9. The van der Waals surface area contributed by atoms with Crippen molar-refractivity contribution in [2.75, 3.05) is 39.6 Å². The summed E-state index contributed by atoms with van der Waals surface area (Å²) in [6.07, 6.45) is 54.2. The highest BCUT2D eigenvalue weighted by molar-refractivity contribution is 7.47. The average Bonchev–Trinajstić information content (AvgIpc) is 3.38. The van der Waals surface area contributed by atoms with E-state index < -0.39 is 97.5 Å². The molecule has 0 radical (unpaired) electrons. The van der Waals surface area contributed by atoms with E-state index >= 15 is 0 Å². The number of phosphoric ester groups is 2. The largest absolute Gasteiger partial charge is 0.472 e. The lowest BCUT2D eigenvalue weighted by Gasteiger charge is -2.21. The maximum atomic E-state index is 13.1. The Labute approximate surface area is 562 Å². The van der Waals surface area contributed by atoms with Crippen LogP contribution >= 0.6 is 15.6 Å². The van der Waals surface area contributed by atoms with Crippen molar-refractivity contribution >= 4 is 39.5 Å². The van der Waals surface area contributed by atoms with E-state index in [-0.39, 0.29) is 25.7 Å². The zero-order valence-corrected chi connectivity index (χ0v) is 61.5. The highest BCUT2D eigenvalue weighted by Crippen LogP contribution is 2.45. The number of phosphoric acid groups is 2. The second-order valence-electron chi connectivity index (χ2n) is 26.8. The third-order valence-corrected chi connectivity index (χ3v) is 18.9. The number of aliphatic hydroxyl groups is 1. The first kappa shape index (κ1) is 90.1. The normalized spacial score (nSPS) is 14.0. The second-order valence-corrected chi connectivity index (χ2v) is 29.7. The van der Waals surface area contributed by atoms with Gasteiger partial charge in [0.25, 0.3) is 0 Å². The molecule has 0 heterocycles. The van der Waals surface area contributed by atoms with Gasteiger partial charge in [0.15, 0.2) is 12.2 Å². The Morgan fingerprint density at radius 2 is 0.500 bits per heavy atom.